The molecule has 0 spiro atoms. The van der Waals surface area contributed by atoms with Gasteiger partial charge in [0.1, 0.15) is 11.6 Å². The molecule has 0 bridgehead atoms. The van der Waals surface area contributed by atoms with Crippen LogP contribution >= 0.6 is 0 Å². The van der Waals surface area contributed by atoms with E-state index >= 15 is 0 Å². The molecule has 4 heteroatoms. The van der Waals surface area contributed by atoms with E-state index in [0.717, 1.165) is 30.9 Å². The van der Waals surface area contributed by atoms with Gasteiger partial charge in [-0.3, -0.25) is 0 Å². The molecular weight excluding hydrogens is 202 g/mol. The molecular formula is C12H19N3O. The molecule has 2 atom stereocenters. The Kier molecular flexibility index (Phi) is 3.62. The van der Waals surface area contributed by atoms with Crippen molar-refractivity contribution in [2.75, 3.05) is 24.8 Å². The maximum absolute atomic E-state index is 5.35. The lowest BCUT2D eigenvalue weighted by Crippen LogP contribution is -2.18. The van der Waals surface area contributed by atoms with Gasteiger partial charge in [-0.1, -0.05) is 6.07 Å². The zero-order chi connectivity index (χ0) is 11.4. The summed E-state index contributed by atoms with van der Waals surface area (Å²) in [6.45, 7) is 0. The molecule has 0 amide bonds. The van der Waals surface area contributed by atoms with Gasteiger partial charge in [-0.15, -0.1) is 0 Å². The largest absolute Gasteiger partial charge is 0.381 e. The predicted molar refractivity (Wildman–Crippen MR) is 65.8 cm³/mol. The standard InChI is InChI=1S/C12H19N3O/c1-13-11-4-3-5-12(15-11)14-9-6-7-10(8-9)16-2/h3-5,9-10H,6-8H2,1-2H3,(H2,13,14,15). The number of methoxy groups -OCH3 is 1. The van der Waals surface area contributed by atoms with E-state index in [4.69, 9.17) is 4.74 Å². The summed E-state index contributed by atoms with van der Waals surface area (Å²) in [6, 6.07) is 6.45. The van der Waals surface area contributed by atoms with Gasteiger partial charge in [0.2, 0.25) is 0 Å². The number of hydrogen-bond acceptors (Lipinski definition) is 4. The van der Waals surface area contributed by atoms with E-state index < -0.39 is 0 Å². The van der Waals surface area contributed by atoms with Crippen molar-refractivity contribution in [1.82, 2.24) is 4.98 Å². The molecule has 1 fully saturated rings. The van der Waals surface area contributed by atoms with Crippen molar-refractivity contribution in [1.29, 1.82) is 0 Å². The van der Waals surface area contributed by atoms with E-state index in [1.807, 2.05) is 25.2 Å². The zero-order valence-electron chi connectivity index (χ0n) is 9.86. The minimum Gasteiger partial charge on any atom is -0.381 e. The monoisotopic (exact) mass is 221 g/mol. The first-order chi connectivity index (χ1) is 7.81. The van der Waals surface area contributed by atoms with Crippen molar-refractivity contribution in [2.24, 2.45) is 0 Å². The summed E-state index contributed by atoms with van der Waals surface area (Å²) >= 11 is 0. The first-order valence-electron chi connectivity index (χ1n) is 5.76. The number of rotatable bonds is 4. The van der Waals surface area contributed by atoms with Crippen molar-refractivity contribution >= 4 is 11.6 Å². The first kappa shape index (κ1) is 11.2. The molecule has 0 radical (unpaired) electrons. The topological polar surface area (TPSA) is 46.2 Å². The van der Waals surface area contributed by atoms with Gasteiger partial charge in [0.25, 0.3) is 0 Å². The maximum atomic E-state index is 5.35. The minimum atomic E-state index is 0.407. The van der Waals surface area contributed by atoms with Crippen LogP contribution in [0.1, 0.15) is 19.3 Å². The van der Waals surface area contributed by atoms with Crippen molar-refractivity contribution in [3.63, 3.8) is 0 Å². The quantitative estimate of drug-likeness (QED) is 0.817. The molecule has 0 aromatic carbocycles. The van der Waals surface area contributed by atoms with E-state index in [0.29, 0.717) is 12.1 Å². The second-order valence-electron chi connectivity index (χ2n) is 4.17. The third-order valence-electron chi connectivity index (χ3n) is 3.08. The van der Waals surface area contributed by atoms with Crippen molar-refractivity contribution < 1.29 is 4.74 Å². The molecule has 0 saturated heterocycles. The molecule has 1 saturated carbocycles. The van der Waals surface area contributed by atoms with Gasteiger partial charge in [0.05, 0.1) is 6.10 Å². The van der Waals surface area contributed by atoms with Crippen LogP contribution in [-0.4, -0.2) is 31.3 Å². The van der Waals surface area contributed by atoms with Gasteiger partial charge < -0.3 is 15.4 Å². The molecule has 1 aliphatic carbocycles. The Morgan fingerprint density at radius 3 is 2.81 bits per heavy atom. The van der Waals surface area contributed by atoms with Crippen molar-refractivity contribution in [2.45, 2.75) is 31.4 Å². The summed E-state index contributed by atoms with van der Waals surface area (Å²) in [5, 5.41) is 6.49. The van der Waals surface area contributed by atoms with Crippen LogP contribution in [0.3, 0.4) is 0 Å². The number of nitrogens with zero attached hydrogens (tertiary/aromatic N) is 1. The summed E-state index contributed by atoms with van der Waals surface area (Å²) in [5.41, 5.74) is 0. The number of aromatic nitrogens is 1. The average molecular weight is 221 g/mol. The molecule has 4 nitrogen and oxygen atoms in total. The lowest BCUT2D eigenvalue weighted by atomic mass is 10.2. The second kappa shape index (κ2) is 5.16. The molecule has 16 heavy (non-hydrogen) atoms. The summed E-state index contributed by atoms with van der Waals surface area (Å²) in [5.74, 6) is 1.83. The number of pyridine rings is 1. The third-order valence-corrected chi connectivity index (χ3v) is 3.08. The number of nitrogens with one attached hydrogen (secondary N) is 2. The van der Waals surface area contributed by atoms with E-state index in [1.165, 1.54) is 0 Å². The fraction of sp³-hybridized carbons (Fsp3) is 0.583. The van der Waals surface area contributed by atoms with Crippen LogP contribution in [0.4, 0.5) is 11.6 Å². The van der Waals surface area contributed by atoms with Gasteiger partial charge in [0.15, 0.2) is 0 Å². The van der Waals surface area contributed by atoms with Gasteiger partial charge in [-0.2, -0.15) is 0 Å². The Morgan fingerprint density at radius 2 is 2.12 bits per heavy atom. The number of ether oxygens (including phenoxy) is 1. The van der Waals surface area contributed by atoms with Crippen LogP contribution in [0, 0.1) is 0 Å². The van der Waals surface area contributed by atoms with Crippen LogP contribution in [0.25, 0.3) is 0 Å². The Morgan fingerprint density at radius 1 is 1.31 bits per heavy atom. The highest BCUT2D eigenvalue weighted by atomic mass is 16.5. The third kappa shape index (κ3) is 2.64. The molecule has 1 heterocycles. The first-order valence-corrected chi connectivity index (χ1v) is 5.76. The van der Waals surface area contributed by atoms with Crippen LogP contribution in [-0.2, 0) is 4.74 Å². The highest BCUT2D eigenvalue weighted by Gasteiger charge is 2.24. The van der Waals surface area contributed by atoms with E-state index in [-0.39, 0.29) is 0 Å². The van der Waals surface area contributed by atoms with E-state index in [2.05, 4.69) is 15.6 Å². The lowest BCUT2D eigenvalue weighted by Gasteiger charge is -2.14. The van der Waals surface area contributed by atoms with Gasteiger partial charge in [-0.25, -0.2) is 4.98 Å². The highest BCUT2D eigenvalue weighted by molar-refractivity contribution is 5.45. The summed E-state index contributed by atoms with van der Waals surface area (Å²) in [4.78, 5) is 4.44. The Bertz CT molecular complexity index is 343. The van der Waals surface area contributed by atoms with Gasteiger partial charge in [-0.05, 0) is 31.4 Å². The predicted octanol–water partition coefficient (Wildman–Crippen LogP) is 2.10. The van der Waals surface area contributed by atoms with Crippen LogP contribution in [0.5, 0.6) is 0 Å². The SMILES string of the molecule is CNc1cccc(NC2CCC(OC)C2)n1. The second-order valence-corrected chi connectivity index (χ2v) is 4.17. The minimum absolute atomic E-state index is 0.407. The smallest absolute Gasteiger partial charge is 0.128 e. The molecule has 2 N–H and O–H groups in total. The molecule has 1 aromatic rings. The Labute approximate surface area is 96.4 Å². The van der Waals surface area contributed by atoms with Crippen LogP contribution in [0.15, 0.2) is 18.2 Å². The van der Waals surface area contributed by atoms with Gasteiger partial charge >= 0.3 is 0 Å². The van der Waals surface area contributed by atoms with Crippen molar-refractivity contribution in [3.8, 4) is 0 Å². The lowest BCUT2D eigenvalue weighted by molar-refractivity contribution is 0.108. The molecule has 2 rings (SSSR count). The van der Waals surface area contributed by atoms with Crippen LogP contribution < -0.4 is 10.6 Å². The Balaban J connectivity index is 1.94. The van der Waals surface area contributed by atoms with Gasteiger partial charge in [0, 0.05) is 20.2 Å². The zero-order valence-corrected chi connectivity index (χ0v) is 9.86. The normalized spacial score (nSPS) is 24.4. The number of hydrogen-bond donors (Lipinski definition) is 2. The highest BCUT2D eigenvalue weighted by Crippen LogP contribution is 2.24. The summed E-state index contributed by atoms with van der Waals surface area (Å²) in [7, 11) is 3.66. The molecule has 2 unspecified atom stereocenters. The summed E-state index contributed by atoms with van der Waals surface area (Å²) < 4.78 is 5.35. The van der Waals surface area contributed by atoms with Crippen LogP contribution in [0.2, 0.25) is 0 Å². The average Bonchev–Trinajstić information content (AvgIpc) is 2.77. The molecule has 0 aliphatic heterocycles. The molecule has 1 aromatic heterocycles. The number of anilines is 2. The fourth-order valence-corrected chi connectivity index (χ4v) is 2.15. The van der Waals surface area contributed by atoms with Crippen molar-refractivity contribution in [3.05, 3.63) is 18.2 Å². The summed E-state index contributed by atoms with van der Waals surface area (Å²) in [6.07, 6.45) is 3.77. The fourth-order valence-electron chi connectivity index (χ4n) is 2.15. The van der Waals surface area contributed by atoms with E-state index in [1.54, 1.807) is 7.11 Å². The molecule has 1 aliphatic rings. The Hall–Kier alpha value is -1.29. The van der Waals surface area contributed by atoms with E-state index in [9.17, 15) is 0 Å². The maximum Gasteiger partial charge on any atom is 0.128 e. The molecule has 88 valence electrons.